The number of benzene rings is 1. The molecule has 7 heteroatoms. The van der Waals surface area contributed by atoms with Crippen LogP contribution in [0.25, 0.3) is 11.0 Å². The van der Waals surface area contributed by atoms with Gasteiger partial charge in [0.1, 0.15) is 5.58 Å². The van der Waals surface area contributed by atoms with E-state index in [-0.39, 0.29) is 17.4 Å². The lowest BCUT2D eigenvalue weighted by Gasteiger charge is -2.26. The third kappa shape index (κ3) is 2.39. The van der Waals surface area contributed by atoms with Gasteiger partial charge in [-0.15, -0.1) is 0 Å². The Hall–Kier alpha value is -2.54. The second-order valence-corrected chi connectivity index (χ2v) is 4.95. The molecule has 0 radical (unpaired) electrons. The number of ether oxygens (including phenoxy) is 2. The highest BCUT2D eigenvalue weighted by molar-refractivity contribution is 6.06. The van der Waals surface area contributed by atoms with Crippen molar-refractivity contribution in [1.82, 2.24) is 4.90 Å². The van der Waals surface area contributed by atoms with Crippen LogP contribution in [0.5, 0.6) is 0 Å². The van der Waals surface area contributed by atoms with Crippen LogP contribution in [-0.2, 0) is 9.47 Å². The van der Waals surface area contributed by atoms with Gasteiger partial charge < -0.3 is 24.5 Å². The number of hydrogen-bond donors (Lipinski definition) is 1. The maximum Gasteiger partial charge on any atom is 0.376 e. The van der Waals surface area contributed by atoms with E-state index in [0.29, 0.717) is 42.8 Å². The van der Waals surface area contributed by atoms with Crippen molar-refractivity contribution in [2.75, 3.05) is 39.1 Å². The Labute approximate surface area is 126 Å². The molecule has 3 rings (SSSR count). The van der Waals surface area contributed by atoms with Gasteiger partial charge in [-0.25, -0.2) is 4.79 Å². The summed E-state index contributed by atoms with van der Waals surface area (Å²) >= 11 is 0. The molecule has 2 aromatic rings. The Morgan fingerprint density at radius 2 is 2.00 bits per heavy atom. The average molecular weight is 304 g/mol. The van der Waals surface area contributed by atoms with E-state index >= 15 is 0 Å². The van der Waals surface area contributed by atoms with E-state index in [1.807, 2.05) is 0 Å². The lowest BCUT2D eigenvalue weighted by atomic mass is 10.1. The average Bonchev–Trinajstić information content (AvgIpc) is 2.90. The third-order valence-electron chi connectivity index (χ3n) is 3.64. The SMILES string of the molecule is COC(=O)c1oc2ccc(C(=O)N3CCOCC3)cc2c1N. The molecule has 7 nitrogen and oxygen atoms in total. The number of nitrogen functional groups attached to an aromatic ring is 1. The molecule has 2 heterocycles. The molecular formula is C15H16N2O5. The Morgan fingerprint density at radius 3 is 2.68 bits per heavy atom. The Balaban J connectivity index is 1.97. The molecule has 1 aliphatic rings. The van der Waals surface area contributed by atoms with Gasteiger partial charge in [0.2, 0.25) is 5.76 Å². The third-order valence-corrected chi connectivity index (χ3v) is 3.64. The summed E-state index contributed by atoms with van der Waals surface area (Å²) < 4.78 is 15.2. The van der Waals surface area contributed by atoms with Crippen molar-refractivity contribution in [2.24, 2.45) is 0 Å². The second-order valence-electron chi connectivity index (χ2n) is 4.95. The maximum absolute atomic E-state index is 12.5. The summed E-state index contributed by atoms with van der Waals surface area (Å²) in [6.07, 6.45) is 0. The van der Waals surface area contributed by atoms with Crippen LogP contribution in [0.4, 0.5) is 5.69 Å². The Bertz CT molecular complexity index is 731. The highest BCUT2D eigenvalue weighted by Gasteiger charge is 2.22. The number of carbonyl (C=O) groups is 2. The molecule has 22 heavy (non-hydrogen) atoms. The van der Waals surface area contributed by atoms with E-state index in [0.717, 1.165) is 0 Å². The van der Waals surface area contributed by atoms with Gasteiger partial charge in [-0.1, -0.05) is 0 Å². The van der Waals surface area contributed by atoms with E-state index in [4.69, 9.17) is 14.9 Å². The van der Waals surface area contributed by atoms with Crippen LogP contribution in [0.15, 0.2) is 22.6 Å². The van der Waals surface area contributed by atoms with Gasteiger partial charge in [0.25, 0.3) is 5.91 Å². The molecule has 0 bridgehead atoms. The molecule has 1 aliphatic heterocycles. The van der Waals surface area contributed by atoms with Gasteiger partial charge in [-0.05, 0) is 18.2 Å². The lowest BCUT2D eigenvalue weighted by Crippen LogP contribution is -2.40. The molecule has 0 atom stereocenters. The monoisotopic (exact) mass is 304 g/mol. The van der Waals surface area contributed by atoms with Crippen LogP contribution >= 0.6 is 0 Å². The summed E-state index contributed by atoms with van der Waals surface area (Å²) in [5.41, 5.74) is 7.04. The Morgan fingerprint density at radius 1 is 1.27 bits per heavy atom. The fraction of sp³-hybridized carbons (Fsp3) is 0.333. The molecule has 1 amide bonds. The molecule has 1 saturated heterocycles. The molecule has 1 aromatic heterocycles. The van der Waals surface area contributed by atoms with Crippen LogP contribution in [0, 0.1) is 0 Å². The van der Waals surface area contributed by atoms with Crippen molar-refractivity contribution in [3.8, 4) is 0 Å². The number of methoxy groups -OCH3 is 1. The first-order valence-electron chi connectivity index (χ1n) is 6.89. The molecule has 1 fully saturated rings. The zero-order chi connectivity index (χ0) is 15.7. The number of carbonyl (C=O) groups excluding carboxylic acids is 2. The number of esters is 1. The van der Waals surface area contributed by atoms with Gasteiger partial charge in [0.15, 0.2) is 0 Å². The van der Waals surface area contributed by atoms with Gasteiger partial charge >= 0.3 is 5.97 Å². The van der Waals surface area contributed by atoms with Crippen LogP contribution < -0.4 is 5.73 Å². The summed E-state index contributed by atoms with van der Waals surface area (Å²) in [5, 5.41) is 0.527. The van der Waals surface area contributed by atoms with Crippen LogP contribution in [-0.4, -0.2) is 50.2 Å². The quantitative estimate of drug-likeness (QED) is 0.840. The van der Waals surface area contributed by atoms with Gasteiger partial charge in [0.05, 0.1) is 26.0 Å². The zero-order valence-corrected chi connectivity index (χ0v) is 12.1. The van der Waals surface area contributed by atoms with Crippen molar-refractivity contribution in [2.45, 2.75) is 0 Å². The van der Waals surface area contributed by atoms with E-state index < -0.39 is 5.97 Å². The minimum atomic E-state index is -0.644. The van der Waals surface area contributed by atoms with Crippen molar-refractivity contribution < 1.29 is 23.5 Å². The number of morpholine rings is 1. The Kier molecular flexibility index (Phi) is 3.72. The predicted octanol–water partition coefficient (Wildman–Crippen LogP) is 1.27. The number of amides is 1. The summed E-state index contributed by atoms with van der Waals surface area (Å²) in [6.45, 7) is 2.19. The number of nitrogens with zero attached hydrogens (tertiary/aromatic N) is 1. The molecule has 0 saturated carbocycles. The summed E-state index contributed by atoms with van der Waals surface area (Å²) in [5.74, 6) is -0.784. The number of hydrogen-bond acceptors (Lipinski definition) is 6. The fourth-order valence-electron chi connectivity index (χ4n) is 2.44. The maximum atomic E-state index is 12.5. The van der Waals surface area contributed by atoms with Gasteiger partial charge in [-0.2, -0.15) is 0 Å². The van der Waals surface area contributed by atoms with Gasteiger partial charge in [0, 0.05) is 24.0 Å². The van der Waals surface area contributed by atoms with Crippen LogP contribution in [0.3, 0.4) is 0 Å². The van der Waals surface area contributed by atoms with E-state index in [9.17, 15) is 9.59 Å². The van der Waals surface area contributed by atoms with Crippen LogP contribution in [0.2, 0.25) is 0 Å². The zero-order valence-electron chi connectivity index (χ0n) is 12.1. The first-order valence-corrected chi connectivity index (χ1v) is 6.89. The van der Waals surface area contributed by atoms with Crippen molar-refractivity contribution in [3.05, 3.63) is 29.5 Å². The standard InChI is InChI=1S/C15H16N2O5/c1-20-15(19)13-12(16)10-8-9(2-3-11(10)22-13)14(18)17-4-6-21-7-5-17/h2-3,8H,4-7,16H2,1H3. The van der Waals surface area contributed by atoms with Crippen molar-refractivity contribution in [3.63, 3.8) is 0 Å². The lowest BCUT2D eigenvalue weighted by molar-refractivity contribution is 0.0303. The second kappa shape index (κ2) is 5.69. The van der Waals surface area contributed by atoms with E-state index in [1.165, 1.54) is 7.11 Å². The minimum Gasteiger partial charge on any atom is -0.463 e. The van der Waals surface area contributed by atoms with Crippen molar-refractivity contribution in [1.29, 1.82) is 0 Å². The minimum absolute atomic E-state index is 0.0477. The number of rotatable bonds is 2. The number of anilines is 1. The summed E-state index contributed by atoms with van der Waals surface area (Å²) in [4.78, 5) is 25.8. The summed E-state index contributed by atoms with van der Waals surface area (Å²) in [7, 11) is 1.25. The largest absolute Gasteiger partial charge is 0.463 e. The topological polar surface area (TPSA) is 95.0 Å². The fourth-order valence-corrected chi connectivity index (χ4v) is 2.44. The highest BCUT2D eigenvalue weighted by atomic mass is 16.5. The van der Waals surface area contributed by atoms with Crippen molar-refractivity contribution >= 4 is 28.5 Å². The highest BCUT2D eigenvalue weighted by Crippen LogP contribution is 2.30. The number of nitrogens with two attached hydrogens (primary N) is 1. The molecule has 116 valence electrons. The molecule has 0 unspecified atom stereocenters. The predicted molar refractivity (Wildman–Crippen MR) is 78.7 cm³/mol. The first-order chi connectivity index (χ1) is 10.6. The number of fused-ring (bicyclic) bond motifs is 1. The van der Waals surface area contributed by atoms with E-state index in [2.05, 4.69) is 4.74 Å². The molecule has 2 N–H and O–H groups in total. The molecule has 0 spiro atoms. The first kappa shape index (κ1) is 14.4. The normalized spacial score (nSPS) is 15.0. The van der Waals surface area contributed by atoms with E-state index in [1.54, 1.807) is 23.1 Å². The number of furan rings is 1. The summed E-state index contributed by atoms with van der Waals surface area (Å²) in [6, 6.07) is 4.92. The van der Waals surface area contributed by atoms with Gasteiger partial charge in [-0.3, -0.25) is 4.79 Å². The molecule has 0 aliphatic carbocycles. The smallest absolute Gasteiger partial charge is 0.376 e. The van der Waals surface area contributed by atoms with Crippen LogP contribution in [0.1, 0.15) is 20.9 Å². The molecular weight excluding hydrogens is 288 g/mol. The molecule has 1 aromatic carbocycles.